The molecule has 1 atom stereocenters. The van der Waals surface area contributed by atoms with Crippen molar-refractivity contribution in [2.75, 3.05) is 33.7 Å². The number of amides is 1. The van der Waals surface area contributed by atoms with E-state index in [1.54, 1.807) is 0 Å². The quantitative estimate of drug-likeness (QED) is 0.325. The lowest BCUT2D eigenvalue weighted by molar-refractivity contribution is -0.144. The van der Waals surface area contributed by atoms with Gasteiger partial charge in [0, 0.05) is 37.5 Å². The zero-order valence-corrected chi connectivity index (χ0v) is 23.5. The topological polar surface area (TPSA) is 104 Å². The van der Waals surface area contributed by atoms with Crippen molar-refractivity contribution in [1.29, 1.82) is 0 Å². The summed E-state index contributed by atoms with van der Waals surface area (Å²) in [5.41, 5.74) is 5.93. The molecule has 6 rings (SSSR count). The van der Waals surface area contributed by atoms with Crippen LogP contribution in [0.2, 0.25) is 0 Å². The van der Waals surface area contributed by atoms with E-state index >= 15 is 0 Å². The molecule has 2 aromatic carbocycles. The Morgan fingerprint density at radius 1 is 1.20 bits per heavy atom. The van der Waals surface area contributed by atoms with Gasteiger partial charge in [-0.05, 0) is 74.4 Å². The summed E-state index contributed by atoms with van der Waals surface area (Å²) in [4.78, 5) is 28.3. The molecule has 40 heavy (non-hydrogen) atoms. The number of phenolic OH excluding ortho intramolecular Hbond substituents is 1. The van der Waals surface area contributed by atoms with Crippen LogP contribution in [0.4, 0.5) is 4.39 Å². The van der Waals surface area contributed by atoms with E-state index < -0.39 is 5.82 Å². The van der Waals surface area contributed by atoms with Gasteiger partial charge in [-0.1, -0.05) is 19.9 Å². The Labute approximate surface area is 233 Å². The van der Waals surface area contributed by atoms with Crippen molar-refractivity contribution in [2.45, 2.75) is 51.7 Å². The number of hydrogen-bond donors (Lipinski definition) is 3. The maximum atomic E-state index is 14.2. The number of hydrogen-bond acceptors (Lipinski definition) is 6. The van der Waals surface area contributed by atoms with E-state index in [2.05, 4.69) is 46.0 Å². The normalized spacial score (nSPS) is 17.9. The lowest BCUT2D eigenvalue weighted by Crippen LogP contribution is -2.63. The maximum absolute atomic E-state index is 14.2. The van der Waals surface area contributed by atoms with Crippen molar-refractivity contribution in [2.24, 2.45) is 0 Å². The molecular weight excluding hydrogens is 509 g/mol. The minimum absolute atomic E-state index is 0.191. The lowest BCUT2D eigenvalue weighted by atomic mass is 9.96. The first-order valence-corrected chi connectivity index (χ1v) is 14.0. The number of aromatic nitrogens is 4. The number of benzene rings is 2. The summed E-state index contributed by atoms with van der Waals surface area (Å²) in [6.07, 6.45) is 2.21. The third-order valence-electron chi connectivity index (χ3n) is 8.40. The summed E-state index contributed by atoms with van der Waals surface area (Å²) in [5, 5.41) is 18.4. The Hall–Kier alpha value is -3.76. The Bertz CT molecular complexity index is 1570. The number of fused-ring (bicyclic) bond motifs is 2. The van der Waals surface area contributed by atoms with E-state index in [1.165, 1.54) is 12.1 Å². The van der Waals surface area contributed by atoms with E-state index in [0.29, 0.717) is 36.9 Å². The van der Waals surface area contributed by atoms with E-state index in [1.807, 2.05) is 30.0 Å². The van der Waals surface area contributed by atoms with E-state index in [-0.39, 0.29) is 17.7 Å². The van der Waals surface area contributed by atoms with Crippen LogP contribution in [-0.2, 0) is 24.2 Å². The molecule has 0 aliphatic carbocycles. The number of halogens is 1. The number of aryl methyl sites for hydroxylation is 1. The molecule has 1 saturated heterocycles. The fourth-order valence-electron chi connectivity index (χ4n) is 5.95. The largest absolute Gasteiger partial charge is 0.505 e. The highest BCUT2D eigenvalue weighted by atomic mass is 19.1. The summed E-state index contributed by atoms with van der Waals surface area (Å²) < 4.78 is 14.2. The van der Waals surface area contributed by atoms with Crippen LogP contribution < -0.4 is 0 Å². The number of aromatic amines is 2. The van der Waals surface area contributed by atoms with Crippen LogP contribution in [0.1, 0.15) is 37.2 Å². The number of nitrogens with one attached hydrogen (secondary N) is 2. The minimum atomic E-state index is -0.640. The smallest absolute Gasteiger partial charge is 0.240 e. The number of H-pyrrole nitrogens is 2. The fraction of sp³-hybridized carbons (Fsp3) is 0.433. The molecule has 0 radical (unpaired) electrons. The third kappa shape index (κ3) is 4.54. The van der Waals surface area contributed by atoms with Crippen LogP contribution in [-0.4, -0.2) is 91.7 Å². The first kappa shape index (κ1) is 26.5. The van der Waals surface area contributed by atoms with E-state index in [0.717, 1.165) is 65.0 Å². The molecule has 1 fully saturated rings. The summed E-state index contributed by atoms with van der Waals surface area (Å²) >= 11 is 0. The zero-order chi connectivity index (χ0) is 28.1. The van der Waals surface area contributed by atoms with Gasteiger partial charge in [0.05, 0.1) is 22.9 Å². The molecule has 3 N–H and O–H groups in total. The average molecular weight is 546 g/mol. The highest BCUT2D eigenvalue weighted by molar-refractivity contribution is 5.94. The molecule has 4 aromatic rings. The Kier molecular flexibility index (Phi) is 6.83. The predicted molar refractivity (Wildman–Crippen MR) is 152 cm³/mol. The number of nitrogens with zero attached hydrogens (tertiary/aromatic N) is 5. The van der Waals surface area contributed by atoms with Crippen LogP contribution in [0.3, 0.4) is 0 Å². The van der Waals surface area contributed by atoms with Gasteiger partial charge in [0.25, 0.3) is 0 Å². The highest BCUT2D eigenvalue weighted by Gasteiger charge is 2.40. The van der Waals surface area contributed by atoms with Gasteiger partial charge in [0.1, 0.15) is 5.69 Å². The van der Waals surface area contributed by atoms with Crippen molar-refractivity contribution in [3.63, 3.8) is 0 Å². The average Bonchev–Trinajstić information content (AvgIpc) is 3.51. The standard InChI is InChI=1S/C30H36FN7O2/c1-5-9-37-16-25-24(13-26(37)30(40)38-14-19(15-38)36(3)4)32-29(33-25)28-20-8-7-18(10-23(20)34-35-28)21-12-22(31)27(39)11-17(21)6-2/h7-8,10-12,19,26,39H,5-6,9,13-16H2,1-4H3,(H,32,33)(H,34,35). The van der Waals surface area contributed by atoms with Gasteiger partial charge in [-0.15, -0.1) is 0 Å². The van der Waals surface area contributed by atoms with Crippen LogP contribution in [0.5, 0.6) is 5.75 Å². The number of likely N-dealkylation sites (tertiary alicyclic amines) is 1. The van der Waals surface area contributed by atoms with Crippen molar-refractivity contribution in [3.8, 4) is 28.4 Å². The summed E-state index contributed by atoms with van der Waals surface area (Å²) in [6.45, 7) is 7.17. The molecule has 2 aliphatic rings. The van der Waals surface area contributed by atoms with Gasteiger partial charge in [-0.3, -0.25) is 14.8 Å². The highest BCUT2D eigenvalue weighted by Crippen LogP contribution is 2.34. The van der Waals surface area contributed by atoms with Gasteiger partial charge in [0.15, 0.2) is 17.4 Å². The fourth-order valence-corrected chi connectivity index (χ4v) is 5.95. The van der Waals surface area contributed by atoms with Gasteiger partial charge >= 0.3 is 0 Å². The number of rotatable bonds is 7. The molecular formula is C30H36FN7O2. The Morgan fingerprint density at radius 2 is 2.00 bits per heavy atom. The number of carbonyl (C=O) groups excluding carboxylic acids is 1. The first-order valence-electron chi connectivity index (χ1n) is 14.0. The molecule has 0 saturated carbocycles. The molecule has 0 bridgehead atoms. The predicted octanol–water partition coefficient (Wildman–Crippen LogP) is 3.94. The molecule has 9 nitrogen and oxygen atoms in total. The maximum Gasteiger partial charge on any atom is 0.240 e. The second-order valence-corrected chi connectivity index (χ2v) is 11.2. The zero-order valence-electron chi connectivity index (χ0n) is 23.5. The minimum Gasteiger partial charge on any atom is -0.505 e. The number of aromatic hydroxyl groups is 1. The molecule has 210 valence electrons. The molecule has 1 amide bonds. The van der Waals surface area contributed by atoms with E-state index in [4.69, 9.17) is 4.98 Å². The van der Waals surface area contributed by atoms with Crippen molar-refractivity contribution in [1.82, 2.24) is 34.9 Å². The summed E-state index contributed by atoms with van der Waals surface area (Å²) in [5.74, 6) is -0.109. The van der Waals surface area contributed by atoms with Crippen LogP contribution in [0.25, 0.3) is 33.5 Å². The first-order chi connectivity index (χ1) is 19.3. The second kappa shape index (κ2) is 10.3. The van der Waals surface area contributed by atoms with Crippen molar-refractivity contribution in [3.05, 3.63) is 53.1 Å². The number of carbonyl (C=O) groups is 1. The van der Waals surface area contributed by atoms with Crippen molar-refractivity contribution < 1.29 is 14.3 Å². The summed E-state index contributed by atoms with van der Waals surface area (Å²) in [6, 6.07) is 8.96. The molecule has 1 unspecified atom stereocenters. The molecule has 2 aliphatic heterocycles. The Morgan fingerprint density at radius 3 is 2.73 bits per heavy atom. The molecule has 4 heterocycles. The van der Waals surface area contributed by atoms with Crippen LogP contribution >= 0.6 is 0 Å². The number of phenols is 1. The third-order valence-corrected chi connectivity index (χ3v) is 8.40. The van der Waals surface area contributed by atoms with Crippen LogP contribution in [0.15, 0.2) is 30.3 Å². The second-order valence-electron chi connectivity index (χ2n) is 11.2. The van der Waals surface area contributed by atoms with Gasteiger partial charge in [-0.25, -0.2) is 9.37 Å². The van der Waals surface area contributed by atoms with Gasteiger partial charge in [0.2, 0.25) is 5.91 Å². The van der Waals surface area contributed by atoms with Gasteiger partial charge in [-0.2, -0.15) is 5.10 Å². The monoisotopic (exact) mass is 545 g/mol. The van der Waals surface area contributed by atoms with Crippen molar-refractivity contribution >= 4 is 16.8 Å². The van der Waals surface area contributed by atoms with Gasteiger partial charge < -0.3 is 19.9 Å². The summed E-state index contributed by atoms with van der Waals surface area (Å²) in [7, 11) is 4.12. The SMILES string of the molecule is CCCN1Cc2[nH]c(-c3n[nH]c4cc(-c5cc(F)c(O)cc5CC)ccc34)nc2CC1C(=O)N1CC(N(C)C)C1. The number of imidazole rings is 1. The molecule has 0 spiro atoms. The van der Waals surface area contributed by atoms with Crippen LogP contribution in [0, 0.1) is 5.82 Å². The molecule has 2 aromatic heterocycles. The molecule has 10 heteroatoms. The van der Waals surface area contributed by atoms with E-state index in [9.17, 15) is 14.3 Å². The lowest BCUT2D eigenvalue weighted by Gasteiger charge is -2.46. The number of likely N-dealkylation sites (N-methyl/N-ethyl adjacent to an activating group) is 1. The Balaban J connectivity index is 1.28.